The van der Waals surface area contributed by atoms with E-state index in [1.165, 1.54) is 17.5 Å². The lowest BCUT2D eigenvalue weighted by Gasteiger charge is -2.05. The average Bonchev–Trinajstić information content (AvgIpc) is 2.96. The zero-order chi connectivity index (χ0) is 14.7. The Bertz CT molecular complexity index is 754. The number of nitrogens with one attached hydrogen (secondary N) is 1. The van der Waals surface area contributed by atoms with Gasteiger partial charge in [-0.1, -0.05) is 12.1 Å². The summed E-state index contributed by atoms with van der Waals surface area (Å²) in [6, 6.07) is 7.82. The molecular weight excluding hydrogens is 304 g/mol. The molecule has 0 saturated heterocycles. The summed E-state index contributed by atoms with van der Waals surface area (Å²) in [6.07, 6.45) is 3.07. The molecule has 1 amide bonds. The zero-order valence-corrected chi connectivity index (χ0v) is 12.7. The first kappa shape index (κ1) is 14.0. The average molecular weight is 316 g/mol. The van der Waals surface area contributed by atoms with E-state index in [-0.39, 0.29) is 5.91 Å². The topological polar surface area (TPSA) is 67.8 Å². The third-order valence-corrected chi connectivity index (χ3v) is 4.07. The van der Waals surface area contributed by atoms with Crippen LogP contribution in [0.2, 0.25) is 0 Å². The summed E-state index contributed by atoms with van der Waals surface area (Å²) in [5, 5.41) is 3.45. The molecule has 1 N–H and O–H groups in total. The quantitative estimate of drug-likeness (QED) is 0.725. The van der Waals surface area contributed by atoms with Crippen molar-refractivity contribution in [3.8, 4) is 10.7 Å². The number of hydrogen-bond acceptors (Lipinski definition) is 6. The van der Waals surface area contributed by atoms with E-state index in [2.05, 4.69) is 32.9 Å². The van der Waals surface area contributed by atoms with Crippen LogP contribution in [0, 0.1) is 0 Å². The number of carbonyl (C=O) groups is 1. The van der Waals surface area contributed by atoms with Crippen molar-refractivity contribution in [3.05, 3.63) is 42.4 Å². The fraction of sp³-hybridized carbons (Fsp3) is 0.143. The molecule has 2 aromatic heterocycles. The molecule has 5 nitrogen and oxygen atoms in total. The minimum Gasteiger partial charge on any atom is -0.350 e. The largest absolute Gasteiger partial charge is 0.350 e. The second-order valence-corrected chi connectivity index (χ2v) is 5.70. The van der Waals surface area contributed by atoms with E-state index < -0.39 is 0 Å². The van der Waals surface area contributed by atoms with Gasteiger partial charge in [0.2, 0.25) is 0 Å². The van der Waals surface area contributed by atoms with Crippen molar-refractivity contribution < 1.29 is 4.79 Å². The molecule has 21 heavy (non-hydrogen) atoms. The van der Waals surface area contributed by atoms with Gasteiger partial charge in [0.15, 0.2) is 5.69 Å². The number of thiazole rings is 1. The monoisotopic (exact) mass is 316 g/mol. The van der Waals surface area contributed by atoms with Gasteiger partial charge < -0.3 is 5.32 Å². The third kappa shape index (κ3) is 2.88. The highest BCUT2D eigenvalue weighted by molar-refractivity contribution is 7.80. The Balaban J connectivity index is 2.03. The SMILES string of the molecule is O=C(NCCS)c1nccnc1-c1nc2ccccc2s1. The zero-order valence-electron chi connectivity index (χ0n) is 11.0. The second kappa shape index (κ2) is 6.19. The van der Waals surface area contributed by atoms with E-state index in [0.717, 1.165) is 10.2 Å². The Kier molecular flexibility index (Phi) is 4.12. The number of thiol groups is 1. The molecule has 0 aliphatic carbocycles. The van der Waals surface area contributed by atoms with Crippen LogP contribution in [0.25, 0.3) is 20.9 Å². The van der Waals surface area contributed by atoms with Gasteiger partial charge in [-0.15, -0.1) is 11.3 Å². The van der Waals surface area contributed by atoms with Crippen molar-refractivity contribution in [2.75, 3.05) is 12.3 Å². The van der Waals surface area contributed by atoms with E-state index in [9.17, 15) is 4.79 Å². The highest BCUT2D eigenvalue weighted by Crippen LogP contribution is 2.29. The van der Waals surface area contributed by atoms with Gasteiger partial charge in [0, 0.05) is 24.7 Å². The van der Waals surface area contributed by atoms with Crippen molar-refractivity contribution in [2.45, 2.75) is 0 Å². The molecule has 1 aromatic carbocycles. The van der Waals surface area contributed by atoms with Crippen LogP contribution in [0.4, 0.5) is 0 Å². The molecule has 0 fully saturated rings. The lowest BCUT2D eigenvalue weighted by Crippen LogP contribution is -2.27. The number of rotatable bonds is 4. The molecule has 106 valence electrons. The highest BCUT2D eigenvalue weighted by atomic mass is 32.1. The van der Waals surface area contributed by atoms with Gasteiger partial charge >= 0.3 is 0 Å². The summed E-state index contributed by atoms with van der Waals surface area (Å²) < 4.78 is 1.06. The summed E-state index contributed by atoms with van der Waals surface area (Å²) >= 11 is 5.57. The smallest absolute Gasteiger partial charge is 0.272 e. The van der Waals surface area contributed by atoms with Crippen molar-refractivity contribution in [2.24, 2.45) is 0 Å². The minimum atomic E-state index is -0.258. The van der Waals surface area contributed by atoms with Gasteiger partial charge in [-0.05, 0) is 12.1 Å². The minimum absolute atomic E-state index is 0.258. The maximum Gasteiger partial charge on any atom is 0.272 e. The molecule has 7 heteroatoms. The summed E-state index contributed by atoms with van der Waals surface area (Å²) in [5.74, 6) is 0.314. The van der Waals surface area contributed by atoms with E-state index in [0.29, 0.717) is 28.7 Å². The maximum atomic E-state index is 12.1. The number of amides is 1. The molecule has 0 spiro atoms. The Hall–Kier alpha value is -1.99. The Morgan fingerprint density at radius 1 is 1.24 bits per heavy atom. The molecular formula is C14H12N4OS2. The van der Waals surface area contributed by atoms with Crippen molar-refractivity contribution in [1.29, 1.82) is 0 Å². The van der Waals surface area contributed by atoms with Crippen LogP contribution >= 0.6 is 24.0 Å². The lowest BCUT2D eigenvalue weighted by atomic mass is 10.3. The van der Waals surface area contributed by atoms with Crippen LogP contribution in [0.15, 0.2) is 36.7 Å². The number of hydrogen-bond donors (Lipinski definition) is 2. The molecule has 0 saturated carbocycles. The van der Waals surface area contributed by atoms with E-state index in [1.807, 2.05) is 24.3 Å². The molecule has 0 aliphatic heterocycles. The van der Waals surface area contributed by atoms with Gasteiger partial charge in [-0.3, -0.25) is 4.79 Å². The molecule has 0 atom stereocenters. The normalized spacial score (nSPS) is 10.7. The Morgan fingerprint density at radius 2 is 2.05 bits per heavy atom. The summed E-state index contributed by atoms with van der Waals surface area (Å²) in [4.78, 5) is 25.1. The predicted molar refractivity (Wildman–Crippen MR) is 86.8 cm³/mol. The summed E-state index contributed by atoms with van der Waals surface area (Å²) in [5.41, 5.74) is 1.69. The first-order valence-corrected chi connectivity index (χ1v) is 7.80. The van der Waals surface area contributed by atoms with Crippen molar-refractivity contribution in [3.63, 3.8) is 0 Å². The van der Waals surface area contributed by atoms with Gasteiger partial charge in [0.05, 0.1) is 10.2 Å². The number of fused-ring (bicyclic) bond motifs is 1. The van der Waals surface area contributed by atoms with Crippen molar-refractivity contribution in [1.82, 2.24) is 20.3 Å². The molecule has 0 bridgehead atoms. The van der Waals surface area contributed by atoms with Gasteiger partial charge in [-0.2, -0.15) is 12.6 Å². The van der Waals surface area contributed by atoms with E-state index in [4.69, 9.17) is 0 Å². The number of benzene rings is 1. The van der Waals surface area contributed by atoms with Crippen LogP contribution in [-0.4, -0.2) is 33.2 Å². The number of aromatic nitrogens is 3. The Morgan fingerprint density at radius 3 is 2.86 bits per heavy atom. The highest BCUT2D eigenvalue weighted by Gasteiger charge is 2.18. The molecule has 2 heterocycles. The first-order valence-electron chi connectivity index (χ1n) is 6.35. The van der Waals surface area contributed by atoms with E-state index >= 15 is 0 Å². The number of para-hydroxylation sites is 1. The van der Waals surface area contributed by atoms with Gasteiger partial charge in [-0.25, -0.2) is 15.0 Å². The summed E-state index contributed by atoms with van der Waals surface area (Å²) in [7, 11) is 0. The standard InChI is InChI=1S/C14H12N4OS2/c19-13(17-7-8-20)11-12(16-6-5-15-11)14-18-9-3-1-2-4-10(9)21-14/h1-6,20H,7-8H2,(H,17,19). The van der Waals surface area contributed by atoms with Crippen LogP contribution in [0.5, 0.6) is 0 Å². The van der Waals surface area contributed by atoms with Crippen LogP contribution in [-0.2, 0) is 0 Å². The van der Waals surface area contributed by atoms with Crippen molar-refractivity contribution >= 4 is 40.1 Å². The maximum absolute atomic E-state index is 12.1. The fourth-order valence-electron chi connectivity index (χ4n) is 1.89. The lowest BCUT2D eigenvalue weighted by molar-refractivity contribution is 0.0951. The third-order valence-electron chi connectivity index (χ3n) is 2.81. The van der Waals surface area contributed by atoms with E-state index in [1.54, 1.807) is 6.20 Å². The molecule has 3 rings (SSSR count). The number of nitrogens with zero attached hydrogens (tertiary/aromatic N) is 3. The molecule has 0 unspecified atom stereocenters. The predicted octanol–water partition coefficient (Wildman–Crippen LogP) is 2.41. The fourth-order valence-corrected chi connectivity index (χ4v) is 2.96. The van der Waals surface area contributed by atoms with Crippen LogP contribution < -0.4 is 5.32 Å². The molecule has 0 aliphatic rings. The second-order valence-electron chi connectivity index (χ2n) is 4.22. The molecule has 0 radical (unpaired) electrons. The first-order chi connectivity index (χ1) is 10.3. The van der Waals surface area contributed by atoms with Gasteiger partial charge in [0.1, 0.15) is 10.7 Å². The van der Waals surface area contributed by atoms with Crippen LogP contribution in [0.1, 0.15) is 10.5 Å². The Labute approximate surface area is 130 Å². The van der Waals surface area contributed by atoms with Gasteiger partial charge in [0.25, 0.3) is 5.91 Å². The summed E-state index contributed by atoms with van der Waals surface area (Å²) in [6.45, 7) is 0.484. The molecule has 3 aromatic rings. The van der Waals surface area contributed by atoms with Crippen LogP contribution in [0.3, 0.4) is 0 Å². The number of carbonyl (C=O) groups excluding carboxylic acids is 1.